The standard InChI is InChI=1S/C23H29N3O3/c1-28-17-23(27)24-15-9-3-4-14-22-25-19-11-6-7-12-20(19)26(22)16-18-10-5-8-13-21(18)29-2/h5-8,10-13H,3-4,9,14-17H2,1-2H3,(H,24,27). The Morgan fingerprint density at radius 1 is 1.03 bits per heavy atom. The summed E-state index contributed by atoms with van der Waals surface area (Å²) >= 11 is 0. The maximum Gasteiger partial charge on any atom is 0.245 e. The van der Waals surface area contributed by atoms with Gasteiger partial charge >= 0.3 is 0 Å². The molecule has 0 atom stereocenters. The van der Waals surface area contributed by atoms with Gasteiger partial charge in [0, 0.05) is 25.6 Å². The molecule has 1 amide bonds. The SMILES string of the molecule is COCC(=O)NCCCCCc1nc2ccccc2n1Cc1ccccc1OC. The van der Waals surface area contributed by atoms with E-state index in [4.69, 9.17) is 14.5 Å². The van der Waals surface area contributed by atoms with Crippen LogP contribution in [0.3, 0.4) is 0 Å². The smallest absolute Gasteiger partial charge is 0.245 e. The number of hydrogen-bond acceptors (Lipinski definition) is 4. The molecule has 0 radical (unpaired) electrons. The van der Waals surface area contributed by atoms with E-state index in [-0.39, 0.29) is 12.5 Å². The van der Waals surface area contributed by atoms with Crippen LogP contribution in [0.2, 0.25) is 0 Å². The summed E-state index contributed by atoms with van der Waals surface area (Å²) in [5, 5.41) is 2.86. The van der Waals surface area contributed by atoms with Crippen molar-refractivity contribution in [3.63, 3.8) is 0 Å². The summed E-state index contributed by atoms with van der Waals surface area (Å²) < 4.78 is 12.6. The number of imidazole rings is 1. The lowest BCUT2D eigenvalue weighted by molar-refractivity contribution is -0.124. The first kappa shape index (κ1) is 20.9. The Bertz CT molecular complexity index is 936. The van der Waals surface area contributed by atoms with Crippen LogP contribution in [0.4, 0.5) is 0 Å². The Kier molecular flexibility index (Phi) is 7.64. The van der Waals surface area contributed by atoms with Crippen molar-refractivity contribution in [2.45, 2.75) is 32.2 Å². The Morgan fingerprint density at radius 2 is 1.83 bits per heavy atom. The van der Waals surface area contributed by atoms with Gasteiger partial charge in [0.15, 0.2) is 0 Å². The number of fused-ring (bicyclic) bond motifs is 1. The summed E-state index contributed by atoms with van der Waals surface area (Å²) in [5.41, 5.74) is 3.30. The molecule has 29 heavy (non-hydrogen) atoms. The zero-order chi connectivity index (χ0) is 20.5. The zero-order valence-electron chi connectivity index (χ0n) is 17.2. The monoisotopic (exact) mass is 395 g/mol. The predicted molar refractivity (Wildman–Crippen MR) is 114 cm³/mol. The first-order chi connectivity index (χ1) is 14.2. The van der Waals surface area contributed by atoms with E-state index < -0.39 is 0 Å². The van der Waals surface area contributed by atoms with Crippen LogP contribution in [0.1, 0.15) is 30.7 Å². The van der Waals surface area contributed by atoms with E-state index >= 15 is 0 Å². The minimum atomic E-state index is -0.0638. The molecule has 0 bridgehead atoms. The summed E-state index contributed by atoms with van der Waals surface area (Å²) in [5.74, 6) is 1.91. The predicted octanol–water partition coefficient (Wildman–Crippen LogP) is 3.57. The Labute approximate surface area is 171 Å². The first-order valence-corrected chi connectivity index (χ1v) is 10.0. The minimum absolute atomic E-state index is 0.0638. The van der Waals surface area contributed by atoms with E-state index in [0.717, 1.165) is 60.4 Å². The number of nitrogens with one attached hydrogen (secondary N) is 1. The van der Waals surface area contributed by atoms with Crippen molar-refractivity contribution in [1.82, 2.24) is 14.9 Å². The zero-order valence-corrected chi connectivity index (χ0v) is 17.2. The molecule has 6 nitrogen and oxygen atoms in total. The molecule has 1 N–H and O–H groups in total. The quantitative estimate of drug-likeness (QED) is 0.504. The number of para-hydroxylation sites is 3. The minimum Gasteiger partial charge on any atom is -0.496 e. The summed E-state index contributed by atoms with van der Waals surface area (Å²) in [6, 6.07) is 16.4. The van der Waals surface area contributed by atoms with Crippen LogP contribution in [0.25, 0.3) is 11.0 Å². The van der Waals surface area contributed by atoms with Gasteiger partial charge in [0.2, 0.25) is 5.91 Å². The van der Waals surface area contributed by atoms with Gasteiger partial charge in [0.25, 0.3) is 0 Å². The number of unbranched alkanes of at least 4 members (excludes halogenated alkanes) is 2. The highest BCUT2D eigenvalue weighted by molar-refractivity contribution is 5.77. The number of methoxy groups -OCH3 is 2. The fourth-order valence-electron chi connectivity index (χ4n) is 3.49. The lowest BCUT2D eigenvalue weighted by Crippen LogP contribution is -2.27. The van der Waals surface area contributed by atoms with Gasteiger partial charge in [-0.1, -0.05) is 36.8 Å². The molecule has 3 aromatic rings. The molecule has 1 aromatic heterocycles. The van der Waals surface area contributed by atoms with Crippen LogP contribution in [0, 0.1) is 0 Å². The number of ether oxygens (including phenoxy) is 2. The molecule has 1 heterocycles. The summed E-state index contributed by atoms with van der Waals surface area (Å²) in [6.45, 7) is 1.53. The average Bonchev–Trinajstić information content (AvgIpc) is 3.08. The van der Waals surface area contributed by atoms with Crippen LogP contribution in [-0.4, -0.2) is 42.8 Å². The number of aryl methyl sites for hydroxylation is 1. The van der Waals surface area contributed by atoms with Gasteiger partial charge in [-0.25, -0.2) is 4.98 Å². The topological polar surface area (TPSA) is 65.4 Å². The van der Waals surface area contributed by atoms with E-state index in [2.05, 4.69) is 34.1 Å². The van der Waals surface area contributed by atoms with Gasteiger partial charge in [0.05, 0.1) is 24.7 Å². The first-order valence-electron chi connectivity index (χ1n) is 10.0. The van der Waals surface area contributed by atoms with Crippen molar-refractivity contribution in [3.8, 4) is 5.75 Å². The largest absolute Gasteiger partial charge is 0.496 e. The lowest BCUT2D eigenvalue weighted by atomic mass is 10.1. The third-order valence-electron chi connectivity index (χ3n) is 4.93. The highest BCUT2D eigenvalue weighted by atomic mass is 16.5. The van der Waals surface area contributed by atoms with E-state index in [1.165, 1.54) is 7.11 Å². The van der Waals surface area contributed by atoms with Crippen LogP contribution >= 0.6 is 0 Å². The van der Waals surface area contributed by atoms with Crippen molar-refractivity contribution in [1.29, 1.82) is 0 Å². The van der Waals surface area contributed by atoms with Crippen molar-refractivity contribution < 1.29 is 14.3 Å². The third-order valence-corrected chi connectivity index (χ3v) is 4.93. The van der Waals surface area contributed by atoms with Gasteiger partial charge in [-0.05, 0) is 31.0 Å². The van der Waals surface area contributed by atoms with Gasteiger partial charge in [-0.3, -0.25) is 4.79 Å². The normalized spacial score (nSPS) is 11.0. The molecule has 154 valence electrons. The molecular weight excluding hydrogens is 366 g/mol. The maximum atomic E-state index is 11.4. The van der Waals surface area contributed by atoms with E-state index in [1.807, 2.05) is 24.3 Å². The van der Waals surface area contributed by atoms with Gasteiger partial charge in [0.1, 0.15) is 18.2 Å². The second-order valence-corrected chi connectivity index (χ2v) is 7.01. The molecule has 0 saturated heterocycles. The van der Waals surface area contributed by atoms with Crippen LogP contribution in [0.5, 0.6) is 5.75 Å². The van der Waals surface area contributed by atoms with Gasteiger partial charge in [-0.15, -0.1) is 0 Å². The molecule has 0 fully saturated rings. The van der Waals surface area contributed by atoms with Crippen molar-refractivity contribution in [2.75, 3.05) is 27.4 Å². The number of benzene rings is 2. The van der Waals surface area contributed by atoms with Gasteiger partial charge in [-0.2, -0.15) is 0 Å². The number of amides is 1. The van der Waals surface area contributed by atoms with Crippen molar-refractivity contribution in [3.05, 3.63) is 59.9 Å². The number of carbonyl (C=O) groups is 1. The maximum absolute atomic E-state index is 11.4. The van der Waals surface area contributed by atoms with Crippen LogP contribution in [-0.2, 0) is 22.5 Å². The second-order valence-electron chi connectivity index (χ2n) is 7.01. The number of nitrogens with zero attached hydrogens (tertiary/aromatic N) is 2. The van der Waals surface area contributed by atoms with E-state index in [1.54, 1.807) is 7.11 Å². The summed E-state index contributed by atoms with van der Waals surface area (Å²) in [7, 11) is 3.23. The average molecular weight is 396 g/mol. The lowest BCUT2D eigenvalue weighted by Gasteiger charge is -2.12. The number of hydrogen-bond donors (Lipinski definition) is 1. The molecule has 0 aliphatic rings. The molecule has 0 aliphatic carbocycles. The molecule has 0 saturated carbocycles. The van der Waals surface area contributed by atoms with E-state index in [9.17, 15) is 4.79 Å². The fourth-order valence-corrected chi connectivity index (χ4v) is 3.49. The Hall–Kier alpha value is -2.86. The Balaban J connectivity index is 1.65. The van der Waals surface area contributed by atoms with Crippen LogP contribution in [0.15, 0.2) is 48.5 Å². The van der Waals surface area contributed by atoms with E-state index in [0.29, 0.717) is 6.54 Å². The molecule has 0 unspecified atom stereocenters. The fraction of sp³-hybridized carbons (Fsp3) is 0.391. The van der Waals surface area contributed by atoms with Crippen LogP contribution < -0.4 is 10.1 Å². The third kappa shape index (κ3) is 5.57. The van der Waals surface area contributed by atoms with Crippen molar-refractivity contribution in [2.24, 2.45) is 0 Å². The van der Waals surface area contributed by atoms with Gasteiger partial charge < -0.3 is 19.4 Å². The number of rotatable bonds is 11. The molecular formula is C23H29N3O3. The second kappa shape index (κ2) is 10.6. The number of carbonyl (C=O) groups excluding carboxylic acids is 1. The molecule has 2 aromatic carbocycles. The van der Waals surface area contributed by atoms with Crippen molar-refractivity contribution >= 4 is 16.9 Å². The molecule has 0 aliphatic heterocycles. The summed E-state index contributed by atoms with van der Waals surface area (Å²) in [4.78, 5) is 16.3. The molecule has 6 heteroatoms. The molecule has 3 rings (SSSR count). The highest BCUT2D eigenvalue weighted by Crippen LogP contribution is 2.23. The number of aromatic nitrogens is 2. The summed E-state index contributed by atoms with van der Waals surface area (Å²) in [6.07, 6.45) is 3.90. The Morgan fingerprint density at radius 3 is 2.66 bits per heavy atom. The molecule has 0 spiro atoms. The highest BCUT2D eigenvalue weighted by Gasteiger charge is 2.12.